The summed E-state index contributed by atoms with van der Waals surface area (Å²) in [6.07, 6.45) is 0. The van der Waals surface area contributed by atoms with Crippen molar-refractivity contribution in [2.24, 2.45) is 0 Å². The summed E-state index contributed by atoms with van der Waals surface area (Å²) in [7, 11) is -5.10. The van der Waals surface area contributed by atoms with Crippen molar-refractivity contribution in [3.8, 4) is 0 Å². The van der Waals surface area contributed by atoms with Crippen LogP contribution in [-0.2, 0) is 10.1 Å². The summed E-state index contributed by atoms with van der Waals surface area (Å²) in [5, 5.41) is 0. The molecule has 0 fully saturated rings. The van der Waals surface area contributed by atoms with Crippen LogP contribution < -0.4 is 18.9 Å². The van der Waals surface area contributed by atoms with Crippen molar-refractivity contribution < 1.29 is 45.0 Å². The van der Waals surface area contributed by atoms with Crippen LogP contribution in [-0.4, -0.2) is 13.0 Å². The van der Waals surface area contributed by atoms with Gasteiger partial charge in [-0.15, -0.1) is 0 Å². The van der Waals surface area contributed by atoms with E-state index in [1.54, 1.807) is 0 Å². The minimum absolute atomic E-state index is 0. The summed E-state index contributed by atoms with van der Waals surface area (Å²) in [6.45, 7) is 0. The van der Waals surface area contributed by atoms with Gasteiger partial charge >= 0.3 is 18.9 Å². The normalized spacial score (nSPS) is 10.9. The predicted molar refractivity (Wildman–Crippen MR) is 34.3 cm³/mol. The first-order valence-electron chi connectivity index (χ1n) is 2.93. The van der Waals surface area contributed by atoms with E-state index in [1.165, 1.54) is 0 Å². The average molecular weight is 218 g/mol. The van der Waals surface area contributed by atoms with E-state index in [1.807, 2.05) is 0 Å². The first kappa shape index (κ1) is 13.5. The van der Waals surface area contributed by atoms with Crippen molar-refractivity contribution in [1.29, 1.82) is 0 Å². The summed E-state index contributed by atoms with van der Waals surface area (Å²) in [5.41, 5.74) is 0. The van der Waals surface area contributed by atoms with Crippen molar-refractivity contribution >= 4 is 10.1 Å². The fourth-order valence-corrected chi connectivity index (χ4v) is 1.25. The standard InChI is InChI=1S/C6H3F3O3S.Li/c7-3-1-2-4(13(10,11)12)6(9)5(3)8;/h1-2H,(H,10,11,12);/q;+1/p-1. The molecule has 14 heavy (non-hydrogen) atoms. The molecule has 0 bridgehead atoms. The summed E-state index contributed by atoms with van der Waals surface area (Å²) < 4.78 is 67.9. The molecule has 0 saturated heterocycles. The summed E-state index contributed by atoms with van der Waals surface area (Å²) in [6, 6.07) is 0.735. The van der Waals surface area contributed by atoms with Crippen LogP contribution in [0.15, 0.2) is 17.0 Å². The number of hydrogen-bond acceptors (Lipinski definition) is 3. The fourth-order valence-electron chi connectivity index (χ4n) is 0.701. The van der Waals surface area contributed by atoms with Crippen molar-refractivity contribution in [2.45, 2.75) is 4.90 Å². The SMILES string of the molecule is O=S(=O)([O-])c1ccc(F)c(F)c1F.[Li+]. The summed E-state index contributed by atoms with van der Waals surface area (Å²) in [4.78, 5) is -1.40. The van der Waals surface area contributed by atoms with Gasteiger partial charge in [0, 0.05) is 0 Å². The monoisotopic (exact) mass is 218 g/mol. The molecule has 3 nitrogen and oxygen atoms in total. The van der Waals surface area contributed by atoms with E-state index in [2.05, 4.69) is 0 Å². The maximum atomic E-state index is 12.6. The Bertz CT molecular complexity index is 446. The molecule has 0 amide bonds. The van der Waals surface area contributed by atoms with Crippen molar-refractivity contribution in [1.82, 2.24) is 0 Å². The van der Waals surface area contributed by atoms with Crippen LogP contribution in [0.4, 0.5) is 13.2 Å². The van der Waals surface area contributed by atoms with Crippen LogP contribution in [0.1, 0.15) is 0 Å². The van der Waals surface area contributed by atoms with E-state index in [9.17, 15) is 26.1 Å². The third-order valence-corrected chi connectivity index (χ3v) is 2.12. The Balaban J connectivity index is 0.00000169. The number of rotatable bonds is 1. The number of halogens is 3. The van der Waals surface area contributed by atoms with Crippen molar-refractivity contribution in [2.75, 3.05) is 0 Å². The van der Waals surface area contributed by atoms with E-state index in [-0.39, 0.29) is 18.9 Å². The molecular formula is C6H2F3LiO3S. The van der Waals surface area contributed by atoms with Gasteiger partial charge in [-0.1, -0.05) is 0 Å². The molecule has 0 aromatic heterocycles. The van der Waals surface area contributed by atoms with Crippen LogP contribution in [0, 0.1) is 17.5 Å². The first-order chi connectivity index (χ1) is 5.84. The fraction of sp³-hybridized carbons (Fsp3) is 0. The molecule has 0 aliphatic carbocycles. The number of benzene rings is 1. The molecule has 0 radical (unpaired) electrons. The van der Waals surface area contributed by atoms with Gasteiger partial charge in [0.05, 0.1) is 4.90 Å². The maximum absolute atomic E-state index is 12.6. The molecule has 72 valence electrons. The molecule has 1 rings (SSSR count). The first-order valence-corrected chi connectivity index (χ1v) is 4.34. The third kappa shape index (κ3) is 2.51. The van der Waals surface area contributed by atoms with Gasteiger partial charge in [-0.2, -0.15) is 0 Å². The molecule has 0 aliphatic rings. The average Bonchev–Trinajstić information content (AvgIpc) is 1.98. The second-order valence-electron chi connectivity index (χ2n) is 2.13. The molecular weight excluding hydrogens is 216 g/mol. The molecule has 0 spiro atoms. The van der Waals surface area contributed by atoms with Gasteiger partial charge in [-0.25, -0.2) is 21.6 Å². The van der Waals surface area contributed by atoms with Crippen LogP contribution in [0.2, 0.25) is 0 Å². The van der Waals surface area contributed by atoms with Gasteiger partial charge in [-0.05, 0) is 12.1 Å². The maximum Gasteiger partial charge on any atom is 1.00 e. The van der Waals surface area contributed by atoms with Gasteiger partial charge in [0.15, 0.2) is 17.5 Å². The van der Waals surface area contributed by atoms with E-state index in [4.69, 9.17) is 0 Å². The van der Waals surface area contributed by atoms with Gasteiger partial charge in [-0.3, -0.25) is 0 Å². The van der Waals surface area contributed by atoms with Crippen LogP contribution >= 0.6 is 0 Å². The molecule has 0 aliphatic heterocycles. The molecule has 0 saturated carbocycles. The zero-order valence-corrected chi connectivity index (χ0v) is 7.74. The molecule has 0 unspecified atom stereocenters. The zero-order chi connectivity index (χ0) is 10.2. The van der Waals surface area contributed by atoms with E-state index < -0.39 is 32.5 Å². The second kappa shape index (κ2) is 4.36. The quantitative estimate of drug-likeness (QED) is 0.311. The van der Waals surface area contributed by atoms with Gasteiger partial charge in [0.25, 0.3) is 0 Å². The van der Waals surface area contributed by atoms with E-state index >= 15 is 0 Å². The molecule has 0 heterocycles. The van der Waals surface area contributed by atoms with Gasteiger partial charge < -0.3 is 4.55 Å². The minimum Gasteiger partial charge on any atom is -0.744 e. The summed E-state index contributed by atoms with van der Waals surface area (Å²) in [5.74, 6) is -5.52. The van der Waals surface area contributed by atoms with E-state index in [0.29, 0.717) is 12.1 Å². The van der Waals surface area contributed by atoms with Crippen molar-refractivity contribution in [3.63, 3.8) is 0 Å². The van der Waals surface area contributed by atoms with Crippen molar-refractivity contribution in [3.05, 3.63) is 29.6 Å². The van der Waals surface area contributed by atoms with Crippen LogP contribution in [0.3, 0.4) is 0 Å². The smallest absolute Gasteiger partial charge is 0.744 e. The Labute approximate surface area is 89.9 Å². The Morgan fingerprint density at radius 3 is 2.00 bits per heavy atom. The van der Waals surface area contributed by atoms with Gasteiger partial charge in [0.2, 0.25) is 0 Å². The minimum atomic E-state index is -5.10. The van der Waals surface area contributed by atoms with Gasteiger partial charge in [0.1, 0.15) is 10.1 Å². The Morgan fingerprint density at radius 1 is 1.07 bits per heavy atom. The second-order valence-corrected chi connectivity index (χ2v) is 3.48. The molecule has 0 atom stereocenters. The van der Waals surface area contributed by atoms with Crippen LogP contribution in [0.5, 0.6) is 0 Å². The third-order valence-electron chi connectivity index (χ3n) is 1.27. The molecule has 0 N–H and O–H groups in total. The predicted octanol–water partition coefficient (Wildman–Crippen LogP) is -1.99. The molecule has 1 aromatic carbocycles. The Kier molecular flexibility index (Phi) is 4.21. The van der Waals surface area contributed by atoms with E-state index in [0.717, 1.165) is 0 Å². The topological polar surface area (TPSA) is 57.2 Å². The Morgan fingerprint density at radius 2 is 1.57 bits per heavy atom. The molecule has 8 heteroatoms. The number of hydrogen-bond donors (Lipinski definition) is 0. The largest absolute Gasteiger partial charge is 1.00 e. The zero-order valence-electron chi connectivity index (χ0n) is 6.92. The molecule has 1 aromatic rings. The Hall–Kier alpha value is -0.483. The van der Waals surface area contributed by atoms with Crippen LogP contribution in [0.25, 0.3) is 0 Å². The summed E-state index contributed by atoms with van der Waals surface area (Å²) >= 11 is 0.